The molecule has 0 radical (unpaired) electrons. The van der Waals surface area contributed by atoms with Gasteiger partial charge in [0.1, 0.15) is 0 Å². The summed E-state index contributed by atoms with van der Waals surface area (Å²) in [4.78, 5) is 12.4. The van der Waals surface area contributed by atoms with Crippen LogP contribution in [0, 0.1) is 0 Å². The monoisotopic (exact) mass is 394 g/mol. The molecule has 1 fully saturated rings. The van der Waals surface area contributed by atoms with Crippen LogP contribution in [0.2, 0.25) is 0 Å². The average Bonchev–Trinajstić information content (AvgIpc) is 2.53. The van der Waals surface area contributed by atoms with Gasteiger partial charge < -0.3 is 5.11 Å². The fraction of sp³-hybridized carbons (Fsp3) is 0.562. The van der Waals surface area contributed by atoms with E-state index in [-0.39, 0.29) is 31.2 Å². The molecule has 0 bridgehead atoms. The standard InChI is InChI=1S/C16H21F3N2O4S/c1-20(10-15(22)23)14-5-7-21(8-6-14)26(24,25)11-12-3-2-4-13(9-12)16(17,18)19/h2-4,9,14H,5-8,10-11H2,1H3,(H,22,23). The minimum Gasteiger partial charge on any atom is -0.480 e. The van der Waals surface area contributed by atoms with Crippen molar-refractivity contribution in [1.82, 2.24) is 9.21 Å². The molecule has 0 spiro atoms. The molecule has 1 aromatic rings. The highest BCUT2D eigenvalue weighted by molar-refractivity contribution is 7.88. The lowest BCUT2D eigenvalue weighted by Gasteiger charge is -2.35. The van der Waals surface area contributed by atoms with Gasteiger partial charge in [0.25, 0.3) is 0 Å². The number of aliphatic carboxylic acids is 1. The molecule has 1 saturated heterocycles. The van der Waals surface area contributed by atoms with Crippen molar-refractivity contribution >= 4 is 16.0 Å². The van der Waals surface area contributed by atoms with Gasteiger partial charge in [-0.05, 0) is 31.5 Å². The lowest BCUT2D eigenvalue weighted by Crippen LogP contribution is -2.46. The van der Waals surface area contributed by atoms with E-state index < -0.39 is 33.5 Å². The van der Waals surface area contributed by atoms with Crippen molar-refractivity contribution in [2.24, 2.45) is 0 Å². The number of carbonyl (C=O) groups is 1. The van der Waals surface area contributed by atoms with Gasteiger partial charge >= 0.3 is 12.1 Å². The van der Waals surface area contributed by atoms with Crippen molar-refractivity contribution in [3.05, 3.63) is 35.4 Å². The Bertz CT molecular complexity index is 744. The van der Waals surface area contributed by atoms with Gasteiger partial charge in [0, 0.05) is 19.1 Å². The fourth-order valence-electron chi connectivity index (χ4n) is 3.04. The summed E-state index contributed by atoms with van der Waals surface area (Å²) in [6.07, 6.45) is -3.57. The molecule has 2 rings (SSSR count). The van der Waals surface area contributed by atoms with E-state index >= 15 is 0 Å². The highest BCUT2D eigenvalue weighted by Crippen LogP contribution is 2.30. The first kappa shape index (κ1) is 20.7. The second kappa shape index (κ2) is 7.93. The second-order valence-electron chi connectivity index (χ2n) is 6.39. The molecule has 0 saturated carbocycles. The van der Waals surface area contributed by atoms with E-state index in [1.54, 1.807) is 11.9 Å². The van der Waals surface area contributed by atoms with E-state index in [0.717, 1.165) is 12.1 Å². The molecule has 0 amide bonds. The minimum absolute atomic E-state index is 0.0360. The number of nitrogens with zero attached hydrogens (tertiary/aromatic N) is 2. The molecule has 1 N–H and O–H groups in total. The minimum atomic E-state index is -4.52. The summed E-state index contributed by atoms with van der Waals surface area (Å²) < 4.78 is 64.6. The van der Waals surface area contributed by atoms with Crippen LogP contribution in [0.5, 0.6) is 0 Å². The normalized spacial score (nSPS) is 17.6. The second-order valence-corrected chi connectivity index (χ2v) is 8.36. The van der Waals surface area contributed by atoms with E-state index in [1.165, 1.54) is 16.4 Å². The summed E-state index contributed by atoms with van der Waals surface area (Å²) in [7, 11) is -2.07. The average molecular weight is 394 g/mol. The first-order valence-corrected chi connectivity index (χ1v) is 9.66. The summed E-state index contributed by atoms with van der Waals surface area (Å²) in [5.74, 6) is -1.45. The Labute approximate surface area is 150 Å². The number of piperidine rings is 1. The molecular formula is C16H21F3N2O4S. The molecular weight excluding hydrogens is 373 g/mol. The van der Waals surface area contributed by atoms with Crippen LogP contribution in [0.15, 0.2) is 24.3 Å². The molecule has 0 aliphatic carbocycles. The van der Waals surface area contributed by atoms with Crippen LogP contribution in [-0.2, 0) is 26.7 Å². The number of rotatable bonds is 6. The third-order valence-corrected chi connectivity index (χ3v) is 6.28. The van der Waals surface area contributed by atoms with Gasteiger partial charge in [-0.15, -0.1) is 0 Å². The van der Waals surface area contributed by atoms with Crippen LogP contribution in [0.1, 0.15) is 24.0 Å². The Balaban J connectivity index is 2.00. The predicted molar refractivity (Wildman–Crippen MR) is 88.9 cm³/mol. The number of halogens is 3. The summed E-state index contributed by atoms with van der Waals surface area (Å²) in [6, 6.07) is 4.28. The van der Waals surface area contributed by atoms with Crippen molar-refractivity contribution in [3.8, 4) is 0 Å². The highest BCUT2D eigenvalue weighted by atomic mass is 32.2. The van der Waals surface area contributed by atoms with E-state index in [0.29, 0.717) is 12.8 Å². The maximum atomic E-state index is 12.8. The SMILES string of the molecule is CN(CC(=O)O)C1CCN(S(=O)(=O)Cc2cccc(C(F)(F)F)c2)CC1. The summed E-state index contributed by atoms with van der Waals surface area (Å²) in [6.45, 7) is 0.313. The van der Waals surface area contributed by atoms with Gasteiger partial charge in [0.05, 0.1) is 17.9 Å². The Morgan fingerprint density at radius 3 is 2.46 bits per heavy atom. The maximum absolute atomic E-state index is 12.8. The molecule has 0 aromatic heterocycles. The molecule has 1 aliphatic rings. The van der Waals surface area contributed by atoms with Crippen LogP contribution >= 0.6 is 0 Å². The van der Waals surface area contributed by atoms with Gasteiger partial charge in [-0.3, -0.25) is 9.69 Å². The van der Waals surface area contributed by atoms with Gasteiger partial charge in [-0.25, -0.2) is 12.7 Å². The lowest BCUT2D eigenvalue weighted by molar-refractivity contribution is -0.139. The zero-order valence-electron chi connectivity index (χ0n) is 14.2. The predicted octanol–water partition coefficient (Wildman–Crippen LogP) is 2.02. The van der Waals surface area contributed by atoms with E-state index in [9.17, 15) is 26.4 Å². The molecule has 6 nitrogen and oxygen atoms in total. The summed E-state index contributed by atoms with van der Waals surface area (Å²) in [5, 5.41) is 8.81. The van der Waals surface area contributed by atoms with Crippen LogP contribution in [0.25, 0.3) is 0 Å². The summed E-state index contributed by atoms with van der Waals surface area (Å²) in [5.41, 5.74) is -0.788. The Kier molecular flexibility index (Phi) is 6.30. The number of hydrogen-bond donors (Lipinski definition) is 1. The number of carboxylic acids is 1. The van der Waals surface area contributed by atoms with Gasteiger partial charge in [-0.1, -0.05) is 18.2 Å². The van der Waals surface area contributed by atoms with Crippen LogP contribution in [0.3, 0.4) is 0 Å². The molecule has 1 heterocycles. The summed E-state index contributed by atoms with van der Waals surface area (Å²) >= 11 is 0. The van der Waals surface area contributed by atoms with Crippen molar-refractivity contribution in [2.45, 2.75) is 30.8 Å². The Morgan fingerprint density at radius 2 is 1.92 bits per heavy atom. The van der Waals surface area contributed by atoms with Gasteiger partial charge in [0.15, 0.2) is 0 Å². The highest BCUT2D eigenvalue weighted by Gasteiger charge is 2.32. The number of carboxylic acid groups (broad SMARTS) is 1. The number of sulfonamides is 1. The topological polar surface area (TPSA) is 77.9 Å². The fourth-order valence-corrected chi connectivity index (χ4v) is 4.59. The van der Waals surface area contributed by atoms with Crippen molar-refractivity contribution in [2.75, 3.05) is 26.7 Å². The molecule has 1 aliphatic heterocycles. The lowest BCUT2D eigenvalue weighted by atomic mass is 10.1. The van der Waals surface area contributed by atoms with Crippen LogP contribution in [0.4, 0.5) is 13.2 Å². The number of hydrogen-bond acceptors (Lipinski definition) is 4. The number of likely N-dealkylation sites (N-methyl/N-ethyl adjacent to an activating group) is 1. The van der Waals surface area contributed by atoms with Gasteiger partial charge in [0.2, 0.25) is 10.0 Å². The van der Waals surface area contributed by atoms with Crippen LogP contribution in [-0.4, -0.2) is 61.4 Å². The van der Waals surface area contributed by atoms with E-state index in [4.69, 9.17) is 5.11 Å². The van der Waals surface area contributed by atoms with Crippen molar-refractivity contribution in [3.63, 3.8) is 0 Å². The van der Waals surface area contributed by atoms with Crippen LogP contribution < -0.4 is 0 Å². The number of alkyl halides is 3. The molecule has 0 atom stereocenters. The first-order valence-electron chi connectivity index (χ1n) is 8.05. The molecule has 10 heteroatoms. The zero-order valence-corrected chi connectivity index (χ0v) is 15.1. The third-order valence-electron chi connectivity index (χ3n) is 4.43. The third kappa shape index (κ3) is 5.42. The van der Waals surface area contributed by atoms with Crippen molar-refractivity contribution < 1.29 is 31.5 Å². The molecule has 0 unspecified atom stereocenters. The van der Waals surface area contributed by atoms with E-state index in [1.807, 2.05) is 0 Å². The Morgan fingerprint density at radius 1 is 1.31 bits per heavy atom. The molecule has 26 heavy (non-hydrogen) atoms. The smallest absolute Gasteiger partial charge is 0.416 e. The molecule has 146 valence electrons. The maximum Gasteiger partial charge on any atom is 0.416 e. The Hall–Kier alpha value is -1.65. The number of benzene rings is 1. The molecule has 1 aromatic carbocycles. The zero-order chi connectivity index (χ0) is 19.5. The quantitative estimate of drug-likeness (QED) is 0.799. The van der Waals surface area contributed by atoms with Crippen molar-refractivity contribution in [1.29, 1.82) is 0 Å². The van der Waals surface area contributed by atoms with E-state index in [2.05, 4.69) is 0 Å². The largest absolute Gasteiger partial charge is 0.480 e. The van der Waals surface area contributed by atoms with Gasteiger partial charge in [-0.2, -0.15) is 13.2 Å². The first-order chi connectivity index (χ1) is 12.0.